The zero-order chi connectivity index (χ0) is 13.5. The number of fused-ring (bicyclic) bond motifs is 1. The van der Waals surface area contributed by atoms with Gasteiger partial charge in [-0.05, 0) is 36.2 Å². The van der Waals surface area contributed by atoms with Crippen molar-refractivity contribution in [3.8, 4) is 0 Å². The molecule has 1 aliphatic heterocycles. The van der Waals surface area contributed by atoms with Gasteiger partial charge in [0.15, 0.2) is 0 Å². The van der Waals surface area contributed by atoms with E-state index < -0.39 is 0 Å². The minimum Gasteiger partial charge on any atom is -0.277 e. The third-order valence-corrected chi connectivity index (χ3v) is 4.18. The Hall–Kier alpha value is -1.51. The quantitative estimate of drug-likeness (QED) is 0.819. The average molecular weight is 274 g/mol. The lowest BCUT2D eigenvalue weighted by Crippen LogP contribution is -2.31. The number of hydroxylamine groups is 1. The molecule has 98 valence electrons. The van der Waals surface area contributed by atoms with Crippen LogP contribution in [0.15, 0.2) is 48.5 Å². The van der Waals surface area contributed by atoms with Crippen LogP contribution < -0.4 is 5.06 Å². The molecule has 1 unspecified atom stereocenters. The number of nitrogens with zero attached hydrogens (tertiary/aromatic N) is 1. The van der Waals surface area contributed by atoms with Crippen LogP contribution >= 0.6 is 11.6 Å². The molecular weight excluding hydrogens is 258 g/mol. The van der Waals surface area contributed by atoms with Crippen molar-refractivity contribution in [3.63, 3.8) is 0 Å². The molecule has 3 rings (SSSR count). The Balaban J connectivity index is 2.13. The first-order valence-electron chi connectivity index (χ1n) is 6.32. The number of para-hydroxylation sites is 1. The molecular formula is C16H16ClNO. The van der Waals surface area contributed by atoms with Crippen molar-refractivity contribution in [3.05, 3.63) is 64.7 Å². The minimum atomic E-state index is -0.0722. The fourth-order valence-corrected chi connectivity index (χ4v) is 2.97. The third kappa shape index (κ3) is 1.92. The Labute approximate surface area is 118 Å². The number of rotatable bonds is 2. The fourth-order valence-electron chi connectivity index (χ4n) is 2.84. The van der Waals surface area contributed by atoms with Crippen molar-refractivity contribution in [1.29, 1.82) is 0 Å². The highest BCUT2D eigenvalue weighted by Crippen LogP contribution is 2.44. The lowest BCUT2D eigenvalue weighted by atomic mass is 9.78. The fraction of sp³-hybridized carbons (Fsp3) is 0.250. The molecule has 0 saturated heterocycles. The number of benzene rings is 2. The van der Waals surface area contributed by atoms with Crippen molar-refractivity contribution in [1.82, 2.24) is 0 Å². The van der Waals surface area contributed by atoms with Crippen LogP contribution in [0.4, 0.5) is 5.69 Å². The maximum absolute atomic E-state index is 5.98. The zero-order valence-corrected chi connectivity index (χ0v) is 11.8. The van der Waals surface area contributed by atoms with Crippen LogP contribution in [0.5, 0.6) is 0 Å². The lowest BCUT2D eigenvalue weighted by Gasteiger charge is -2.26. The highest BCUT2D eigenvalue weighted by molar-refractivity contribution is 6.30. The van der Waals surface area contributed by atoms with Crippen LogP contribution in [0.25, 0.3) is 0 Å². The van der Waals surface area contributed by atoms with Gasteiger partial charge in [-0.15, -0.1) is 0 Å². The monoisotopic (exact) mass is 273 g/mol. The van der Waals surface area contributed by atoms with Crippen LogP contribution in [-0.2, 0) is 10.3 Å². The Bertz CT molecular complexity index is 596. The molecule has 0 spiro atoms. The van der Waals surface area contributed by atoms with E-state index in [0.717, 1.165) is 17.3 Å². The van der Waals surface area contributed by atoms with Crippen molar-refractivity contribution in [2.75, 3.05) is 18.7 Å². The summed E-state index contributed by atoms with van der Waals surface area (Å²) in [5.74, 6) is 0. The van der Waals surface area contributed by atoms with Gasteiger partial charge in [-0.1, -0.05) is 41.9 Å². The number of halogens is 1. The van der Waals surface area contributed by atoms with Gasteiger partial charge < -0.3 is 0 Å². The molecule has 1 aliphatic rings. The van der Waals surface area contributed by atoms with Gasteiger partial charge in [-0.25, -0.2) is 0 Å². The van der Waals surface area contributed by atoms with Gasteiger partial charge in [0.25, 0.3) is 0 Å². The van der Waals surface area contributed by atoms with Gasteiger partial charge in [0.05, 0.1) is 19.3 Å². The van der Waals surface area contributed by atoms with Crippen LogP contribution in [0, 0.1) is 0 Å². The summed E-state index contributed by atoms with van der Waals surface area (Å²) in [6.45, 7) is 3.05. The highest BCUT2D eigenvalue weighted by atomic mass is 35.5. The topological polar surface area (TPSA) is 12.5 Å². The molecule has 0 N–H and O–H groups in total. The van der Waals surface area contributed by atoms with E-state index in [2.05, 4.69) is 37.3 Å². The van der Waals surface area contributed by atoms with Crippen LogP contribution in [0.3, 0.4) is 0 Å². The first-order valence-corrected chi connectivity index (χ1v) is 6.70. The molecule has 0 radical (unpaired) electrons. The first-order chi connectivity index (χ1) is 9.15. The molecule has 0 bridgehead atoms. The number of hydrogen-bond donors (Lipinski definition) is 0. The van der Waals surface area contributed by atoms with E-state index in [1.165, 1.54) is 11.1 Å². The zero-order valence-electron chi connectivity index (χ0n) is 11.1. The molecule has 0 aliphatic carbocycles. The molecule has 0 fully saturated rings. The summed E-state index contributed by atoms with van der Waals surface area (Å²) in [4.78, 5) is 5.49. The summed E-state index contributed by atoms with van der Waals surface area (Å²) in [5.41, 5.74) is 3.61. The maximum atomic E-state index is 5.98. The molecule has 1 heterocycles. The van der Waals surface area contributed by atoms with Crippen molar-refractivity contribution in [2.45, 2.75) is 12.3 Å². The number of hydrogen-bond acceptors (Lipinski definition) is 2. The second-order valence-corrected chi connectivity index (χ2v) is 5.51. The normalized spacial score (nSPS) is 21.5. The van der Waals surface area contributed by atoms with Crippen molar-refractivity contribution in [2.24, 2.45) is 0 Å². The Morgan fingerprint density at radius 2 is 1.79 bits per heavy atom. The second kappa shape index (κ2) is 4.55. The first kappa shape index (κ1) is 12.5. The molecule has 0 saturated carbocycles. The van der Waals surface area contributed by atoms with Gasteiger partial charge >= 0.3 is 0 Å². The molecule has 2 aromatic carbocycles. The van der Waals surface area contributed by atoms with E-state index in [1.807, 2.05) is 23.3 Å². The van der Waals surface area contributed by atoms with Crippen LogP contribution in [0.1, 0.15) is 18.1 Å². The second-order valence-electron chi connectivity index (χ2n) is 5.08. The SMILES string of the molecule is CON1CC(C)(c2ccc(Cl)cc2)c2ccccc21. The Morgan fingerprint density at radius 3 is 2.47 bits per heavy atom. The molecule has 0 amide bonds. The Kier molecular flexibility index (Phi) is 3.00. The third-order valence-electron chi connectivity index (χ3n) is 3.93. The van der Waals surface area contributed by atoms with Gasteiger partial charge in [0.1, 0.15) is 0 Å². The molecule has 0 aromatic heterocycles. The molecule has 2 nitrogen and oxygen atoms in total. The maximum Gasteiger partial charge on any atom is 0.0678 e. The van der Waals surface area contributed by atoms with E-state index >= 15 is 0 Å². The standard InChI is InChI=1S/C16H16ClNO/c1-16(12-7-9-13(17)10-8-12)11-18(19-2)15-6-4-3-5-14(15)16/h3-10H,11H2,1-2H3. The van der Waals surface area contributed by atoms with E-state index in [4.69, 9.17) is 16.4 Å². The summed E-state index contributed by atoms with van der Waals surface area (Å²) >= 11 is 5.98. The summed E-state index contributed by atoms with van der Waals surface area (Å²) < 4.78 is 0. The molecule has 2 aromatic rings. The van der Waals surface area contributed by atoms with Gasteiger partial charge in [-0.2, -0.15) is 0 Å². The summed E-state index contributed by atoms with van der Waals surface area (Å²) in [6, 6.07) is 16.5. The molecule has 1 atom stereocenters. The van der Waals surface area contributed by atoms with E-state index in [1.54, 1.807) is 7.11 Å². The summed E-state index contributed by atoms with van der Waals surface area (Å²) in [6.07, 6.45) is 0. The van der Waals surface area contributed by atoms with Gasteiger partial charge in [0.2, 0.25) is 0 Å². The highest BCUT2D eigenvalue weighted by Gasteiger charge is 2.40. The summed E-state index contributed by atoms with van der Waals surface area (Å²) in [7, 11) is 1.71. The van der Waals surface area contributed by atoms with Crippen LogP contribution in [-0.4, -0.2) is 13.7 Å². The average Bonchev–Trinajstić information content (AvgIpc) is 2.74. The van der Waals surface area contributed by atoms with E-state index in [0.29, 0.717) is 0 Å². The van der Waals surface area contributed by atoms with Gasteiger partial charge in [0, 0.05) is 10.4 Å². The smallest absolute Gasteiger partial charge is 0.0678 e. The Morgan fingerprint density at radius 1 is 1.11 bits per heavy atom. The van der Waals surface area contributed by atoms with E-state index in [9.17, 15) is 0 Å². The van der Waals surface area contributed by atoms with Gasteiger partial charge in [-0.3, -0.25) is 9.90 Å². The predicted molar refractivity (Wildman–Crippen MR) is 78.7 cm³/mol. The van der Waals surface area contributed by atoms with E-state index in [-0.39, 0.29) is 5.41 Å². The largest absolute Gasteiger partial charge is 0.277 e. The molecule has 3 heteroatoms. The lowest BCUT2D eigenvalue weighted by molar-refractivity contribution is 0.165. The van der Waals surface area contributed by atoms with Crippen LogP contribution in [0.2, 0.25) is 5.02 Å². The minimum absolute atomic E-state index is 0.0722. The molecule has 19 heavy (non-hydrogen) atoms. The predicted octanol–water partition coefficient (Wildman–Crippen LogP) is 4.03. The van der Waals surface area contributed by atoms with Crippen molar-refractivity contribution < 1.29 is 4.84 Å². The number of anilines is 1. The van der Waals surface area contributed by atoms with Crippen molar-refractivity contribution >= 4 is 17.3 Å². The summed E-state index contributed by atoms with van der Waals surface area (Å²) in [5, 5.41) is 2.71.